The van der Waals surface area contributed by atoms with Crippen LogP contribution in [0.2, 0.25) is 25.1 Å². The van der Waals surface area contributed by atoms with Crippen LogP contribution in [0.15, 0.2) is 10.9 Å². The Morgan fingerprint density at radius 1 is 0.833 bits per heavy atom. The second-order valence-electron chi connectivity index (χ2n) is 4.69. The van der Waals surface area contributed by atoms with Crippen molar-refractivity contribution in [1.82, 2.24) is 9.88 Å². The normalized spacial score (nSPS) is 13.2. The number of halogens is 5. The van der Waals surface area contributed by atoms with Crippen LogP contribution in [-0.2, 0) is 0 Å². The smallest absolute Gasteiger partial charge is 0.262 e. The second kappa shape index (κ2) is 5.82. The number of benzene rings is 1. The number of aromatic nitrogens is 1. The van der Waals surface area contributed by atoms with E-state index in [1.54, 1.807) is 0 Å². The Hall–Kier alpha value is -1.44. The molecule has 0 radical (unpaired) electrons. The van der Waals surface area contributed by atoms with Gasteiger partial charge in [-0.3, -0.25) is 24.3 Å². The maximum atomic E-state index is 12.4. The number of amides is 2. The van der Waals surface area contributed by atoms with Crippen molar-refractivity contribution in [2.75, 3.05) is 5.73 Å². The molecule has 6 nitrogen and oxygen atoms in total. The molecule has 1 aliphatic heterocycles. The molecule has 11 heteroatoms. The van der Waals surface area contributed by atoms with Gasteiger partial charge in [0.05, 0.1) is 41.9 Å². The Morgan fingerprint density at radius 3 is 1.88 bits per heavy atom. The van der Waals surface area contributed by atoms with Gasteiger partial charge in [-0.25, -0.2) is 0 Å². The standard InChI is InChI=1S/C13H4Cl5N3O3/c14-5-6(15)8(17)10(9(18)7(5)16)21-3(22)1-2-4(11(21)19)13(24)20-12(2)23/h1H,19H2,(H,20,23,24). The fraction of sp³-hybridized carbons (Fsp3) is 0. The number of hydrogen-bond acceptors (Lipinski definition) is 4. The summed E-state index contributed by atoms with van der Waals surface area (Å²) in [7, 11) is 0. The molecule has 0 bridgehead atoms. The van der Waals surface area contributed by atoms with Gasteiger partial charge < -0.3 is 5.73 Å². The van der Waals surface area contributed by atoms with Gasteiger partial charge in [0.25, 0.3) is 17.4 Å². The number of carbonyl (C=O) groups excluding carboxylic acids is 2. The molecule has 3 N–H and O–H groups in total. The van der Waals surface area contributed by atoms with Crippen molar-refractivity contribution >= 4 is 75.6 Å². The molecule has 0 saturated heterocycles. The topological polar surface area (TPSA) is 94.2 Å². The Kier molecular flexibility index (Phi) is 4.22. The van der Waals surface area contributed by atoms with E-state index in [2.05, 4.69) is 0 Å². The zero-order chi connectivity index (χ0) is 17.9. The number of nitrogens with zero attached hydrogens (tertiary/aromatic N) is 1. The first kappa shape index (κ1) is 17.4. The lowest BCUT2D eigenvalue weighted by Crippen LogP contribution is -2.24. The summed E-state index contributed by atoms with van der Waals surface area (Å²) in [6, 6.07) is 0.939. The number of nitrogens with two attached hydrogens (primary N) is 1. The van der Waals surface area contributed by atoms with Crippen LogP contribution < -0.4 is 16.6 Å². The number of imide groups is 1. The molecular weight excluding hydrogens is 423 g/mol. The zero-order valence-corrected chi connectivity index (χ0v) is 15.0. The molecule has 124 valence electrons. The minimum absolute atomic E-state index is 0.0993. The van der Waals surface area contributed by atoms with Crippen molar-refractivity contribution in [1.29, 1.82) is 0 Å². The van der Waals surface area contributed by atoms with Crippen LogP contribution in [-0.4, -0.2) is 16.4 Å². The van der Waals surface area contributed by atoms with Gasteiger partial charge in [-0.05, 0) is 0 Å². The van der Waals surface area contributed by atoms with Gasteiger partial charge in [-0.1, -0.05) is 58.0 Å². The number of pyridine rings is 1. The maximum absolute atomic E-state index is 12.4. The lowest BCUT2D eigenvalue weighted by atomic mass is 10.1. The first-order valence-corrected chi connectivity index (χ1v) is 7.98. The Balaban J connectivity index is 2.47. The Labute approximate surface area is 159 Å². The number of fused-ring (bicyclic) bond motifs is 1. The molecule has 2 aromatic rings. The highest BCUT2D eigenvalue weighted by Gasteiger charge is 2.33. The summed E-state index contributed by atoms with van der Waals surface area (Å²) in [5.74, 6) is -1.81. The summed E-state index contributed by atoms with van der Waals surface area (Å²) >= 11 is 30.1. The van der Waals surface area contributed by atoms with Crippen LogP contribution in [0, 0.1) is 0 Å². The molecule has 0 atom stereocenters. The Bertz CT molecular complexity index is 986. The van der Waals surface area contributed by atoms with E-state index in [9.17, 15) is 14.4 Å². The summed E-state index contributed by atoms with van der Waals surface area (Å²) in [5, 5.41) is 1.28. The molecule has 2 heterocycles. The lowest BCUT2D eigenvalue weighted by Gasteiger charge is -2.17. The predicted octanol–water partition coefficient (Wildman–Crippen LogP) is 3.57. The van der Waals surface area contributed by atoms with Gasteiger partial charge in [0.1, 0.15) is 5.82 Å². The molecule has 2 amide bonds. The molecule has 0 unspecified atom stereocenters. The van der Waals surface area contributed by atoms with Gasteiger partial charge in [-0.2, -0.15) is 0 Å². The predicted molar refractivity (Wildman–Crippen MR) is 93.3 cm³/mol. The summed E-state index contributed by atoms with van der Waals surface area (Å²) < 4.78 is 0.843. The van der Waals surface area contributed by atoms with Crippen molar-refractivity contribution in [2.24, 2.45) is 0 Å². The first-order valence-electron chi connectivity index (χ1n) is 6.09. The van der Waals surface area contributed by atoms with Crippen LogP contribution in [0.25, 0.3) is 5.69 Å². The molecule has 0 spiro atoms. The van der Waals surface area contributed by atoms with E-state index in [1.165, 1.54) is 0 Å². The largest absolute Gasteiger partial charge is 0.384 e. The zero-order valence-electron chi connectivity index (χ0n) is 11.2. The fourth-order valence-electron chi connectivity index (χ4n) is 2.30. The first-order chi connectivity index (χ1) is 11.2. The van der Waals surface area contributed by atoms with Crippen molar-refractivity contribution in [3.8, 4) is 5.69 Å². The maximum Gasteiger partial charge on any atom is 0.262 e. The fourth-order valence-corrected chi connectivity index (χ4v) is 3.60. The van der Waals surface area contributed by atoms with Gasteiger partial charge in [0, 0.05) is 6.07 Å². The SMILES string of the molecule is Nc1c2c(cc(=O)n1-c1c(Cl)c(Cl)c(Cl)c(Cl)c1Cl)C(=O)NC2=O. The van der Waals surface area contributed by atoms with Crippen LogP contribution in [0.3, 0.4) is 0 Å². The van der Waals surface area contributed by atoms with Crippen molar-refractivity contribution in [2.45, 2.75) is 0 Å². The number of carbonyl (C=O) groups is 2. The van der Waals surface area contributed by atoms with Gasteiger partial charge in [0.15, 0.2) is 0 Å². The molecule has 1 aliphatic rings. The quantitative estimate of drug-likeness (QED) is 0.413. The number of rotatable bonds is 1. The summed E-state index contributed by atoms with van der Waals surface area (Å²) in [6.45, 7) is 0. The van der Waals surface area contributed by atoms with Crippen molar-refractivity contribution in [3.63, 3.8) is 0 Å². The Morgan fingerprint density at radius 2 is 1.33 bits per heavy atom. The molecule has 0 aliphatic carbocycles. The monoisotopic (exact) mass is 425 g/mol. The second-order valence-corrected chi connectivity index (χ2v) is 6.58. The summed E-state index contributed by atoms with van der Waals surface area (Å²) in [6.07, 6.45) is 0. The van der Waals surface area contributed by atoms with Gasteiger partial charge in [0.2, 0.25) is 0 Å². The van der Waals surface area contributed by atoms with Crippen LogP contribution in [0.5, 0.6) is 0 Å². The van der Waals surface area contributed by atoms with Gasteiger partial charge in [-0.15, -0.1) is 0 Å². The molecular formula is C13H4Cl5N3O3. The molecule has 1 aromatic heterocycles. The van der Waals surface area contributed by atoms with Crippen molar-refractivity contribution in [3.05, 3.63) is 52.7 Å². The third-order valence-electron chi connectivity index (χ3n) is 3.36. The number of nitrogen functional groups attached to an aromatic ring is 1. The number of nitrogens with one attached hydrogen (secondary N) is 1. The molecule has 0 fully saturated rings. The molecule has 0 saturated carbocycles. The van der Waals surface area contributed by atoms with Crippen LogP contribution in [0.1, 0.15) is 20.7 Å². The minimum atomic E-state index is -0.755. The van der Waals surface area contributed by atoms with E-state index in [0.29, 0.717) is 0 Å². The third-order valence-corrected chi connectivity index (χ3v) is 5.62. The van der Waals surface area contributed by atoms with Crippen molar-refractivity contribution < 1.29 is 9.59 Å². The highest BCUT2D eigenvalue weighted by atomic mass is 35.5. The van der Waals surface area contributed by atoms with E-state index in [4.69, 9.17) is 63.7 Å². The molecule has 3 rings (SSSR count). The van der Waals surface area contributed by atoms with E-state index in [0.717, 1.165) is 10.6 Å². The van der Waals surface area contributed by atoms with E-state index in [-0.39, 0.29) is 47.7 Å². The highest BCUT2D eigenvalue weighted by molar-refractivity contribution is 6.56. The highest BCUT2D eigenvalue weighted by Crippen LogP contribution is 2.46. The number of anilines is 1. The summed E-state index contributed by atoms with van der Waals surface area (Å²) in [4.78, 5) is 36.0. The average molecular weight is 427 g/mol. The van der Waals surface area contributed by atoms with Crippen LogP contribution >= 0.6 is 58.0 Å². The summed E-state index contributed by atoms with van der Waals surface area (Å²) in [5.41, 5.74) is 4.70. The minimum Gasteiger partial charge on any atom is -0.384 e. The van der Waals surface area contributed by atoms with Gasteiger partial charge >= 0.3 is 0 Å². The third kappa shape index (κ3) is 2.29. The van der Waals surface area contributed by atoms with E-state index < -0.39 is 17.4 Å². The lowest BCUT2D eigenvalue weighted by molar-refractivity contribution is 0.0880. The average Bonchev–Trinajstić information content (AvgIpc) is 2.80. The van der Waals surface area contributed by atoms with Crippen LogP contribution in [0.4, 0.5) is 5.82 Å². The molecule has 1 aromatic carbocycles. The van der Waals surface area contributed by atoms with E-state index >= 15 is 0 Å². The number of hydrogen-bond donors (Lipinski definition) is 2. The van der Waals surface area contributed by atoms with E-state index in [1.807, 2.05) is 5.32 Å². The molecule has 24 heavy (non-hydrogen) atoms.